The van der Waals surface area contributed by atoms with Gasteiger partial charge in [0.1, 0.15) is 0 Å². The first-order valence-electron chi connectivity index (χ1n) is 4.14. The minimum Gasteiger partial charge on any atom is -0.392 e. The molecule has 0 aliphatic rings. The number of hydrogen-bond acceptors (Lipinski definition) is 2. The molecule has 2 heteroatoms. The van der Waals surface area contributed by atoms with Crippen molar-refractivity contribution >= 4 is 0 Å². The molecule has 0 fully saturated rings. The fraction of sp³-hybridized carbons (Fsp3) is 0.500. The molecular formula is C10H15NO. The number of aliphatic hydroxyl groups excluding tert-OH is 1. The molecule has 0 radical (unpaired) electrons. The van der Waals surface area contributed by atoms with Crippen LogP contribution in [0.2, 0.25) is 0 Å². The number of aliphatic hydroxyl groups is 1. The summed E-state index contributed by atoms with van der Waals surface area (Å²) in [5, 5.41) is 9.49. The summed E-state index contributed by atoms with van der Waals surface area (Å²) in [6.07, 6.45) is 1.37. The van der Waals surface area contributed by atoms with Crippen LogP contribution in [0.5, 0.6) is 0 Å². The van der Waals surface area contributed by atoms with E-state index in [2.05, 4.69) is 4.98 Å². The Hall–Kier alpha value is -0.890. The minimum absolute atomic E-state index is 0.263. The van der Waals surface area contributed by atoms with Gasteiger partial charge in [-0.15, -0.1) is 0 Å². The molecule has 2 nitrogen and oxygen atoms in total. The van der Waals surface area contributed by atoms with Crippen molar-refractivity contribution < 1.29 is 5.11 Å². The van der Waals surface area contributed by atoms with Crippen LogP contribution in [0.15, 0.2) is 24.4 Å². The van der Waals surface area contributed by atoms with E-state index in [-0.39, 0.29) is 11.5 Å². The zero-order chi connectivity index (χ0) is 9.19. The number of nitrogens with zero attached hydrogens (tertiary/aromatic N) is 1. The fourth-order valence-electron chi connectivity index (χ4n) is 0.958. The Bertz CT molecular complexity index is 241. The number of pyridine rings is 1. The molecule has 0 aromatic carbocycles. The number of aromatic nitrogens is 1. The van der Waals surface area contributed by atoms with Crippen LogP contribution in [0, 0.1) is 0 Å². The molecule has 12 heavy (non-hydrogen) atoms. The van der Waals surface area contributed by atoms with E-state index >= 15 is 0 Å². The highest BCUT2D eigenvalue weighted by atomic mass is 16.3. The van der Waals surface area contributed by atoms with Crippen LogP contribution in [0.1, 0.15) is 26.5 Å². The molecule has 0 unspecified atom stereocenters. The summed E-state index contributed by atoms with van der Waals surface area (Å²) < 4.78 is 0. The summed E-state index contributed by atoms with van der Waals surface area (Å²) in [5.41, 5.74) is 0.668. The predicted molar refractivity (Wildman–Crippen MR) is 48.9 cm³/mol. The maximum atomic E-state index is 9.49. The van der Waals surface area contributed by atoms with E-state index in [4.69, 9.17) is 0 Å². The van der Waals surface area contributed by atoms with Crippen LogP contribution in [-0.2, 0) is 5.41 Å². The third kappa shape index (κ3) is 1.64. The van der Waals surface area contributed by atoms with Gasteiger partial charge in [-0.2, -0.15) is 0 Å². The van der Waals surface area contributed by atoms with E-state index < -0.39 is 0 Å². The Labute approximate surface area is 73.3 Å². The number of rotatable bonds is 2. The van der Waals surface area contributed by atoms with E-state index in [0.717, 1.165) is 5.69 Å². The molecule has 0 aliphatic heterocycles. The lowest BCUT2D eigenvalue weighted by Gasteiger charge is -2.26. The Morgan fingerprint density at radius 3 is 2.50 bits per heavy atom. The van der Waals surface area contributed by atoms with E-state index in [9.17, 15) is 5.11 Å². The van der Waals surface area contributed by atoms with Crippen molar-refractivity contribution in [3.63, 3.8) is 0 Å². The van der Waals surface area contributed by atoms with Gasteiger partial charge in [0.05, 0.1) is 6.10 Å². The maximum absolute atomic E-state index is 9.49. The Morgan fingerprint density at radius 1 is 1.42 bits per heavy atom. The van der Waals surface area contributed by atoms with Gasteiger partial charge in [-0.1, -0.05) is 19.9 Å². The van der Waals surface area contributed by atoms with Crippen LogP contribution < -0.4 is 0 Å². The first-order valence-corrected chi connectivity index (χ1v) is 4.14. The molecule has 0 saturated heterocycles. The van der Waals surface area contributed by atoms with E-state index in [1.807, 2.05) is 32.0 Å². The normalized spacial score (nSPS) is 14.3. The van der Waals surface area contributed by atoms with Gasteiger partial charge in [0.15, 0.2) is 0 Å². The van der Waals surface area contributed by atoms with Crippen molar-refractivity contribution in [2.75, 3.05) is 0 Å². The van der Waals surface area contributed by atoms with Crippen LogP contribution in [0.3, 0.4) is 0 Å². The summed E-state index contributed by atoms with van der Waals surface area (Å²) in [6, 6.07) is 5.75. The van der Waals surface area contributed by atoms with Crippen molar-refractivity contribution in [3.8, 4) is 0 Å². The minimum atomic E-state index is -0.382. The predicted octanol–water partition coefficient (Wildman–Crippen LogP) is 1.74. The molecule has 0 aliphatic carbocycles. The highest BCUT2D eigenvalue weighted by molar-refractivity contribution is 5.15. The Balaban J connectivity index is 2.98. The van der Waals surface area contributed by atoms with Crippen LogP contribution in [0.25, 0.3) is 0 Å². The number of hydrogen-bond donors (Lipinski definition) is 1. The fourth-order valence-corrected chi connectivity index (χ4v) is 0.958. The summed E-state index contributed by atoms with van der Waals surface area (Å²) in [5.74, 6) is 0. The van der Waals surface area contributed by atoms with Gasteiger partial charge < -0.3 is 5.11 Å². The molecule has 1 N–H and O–H groups in total. The van der Waals surface area contributed by atoms with Gasteiger partial charge in [-0.3, -0.25) is 4.98 Å². The lowest BCUT2D eigenvalue weighted by molar-refractivity contribution is 0.115. The second-order valence-corrected chi connectivity index (χ2v) is 3.61. The van der Waals surface area contributed by atoms with Crippen LogP contribution >= 0.6 is 0 Å². The highest BCUT2D eigenvalue weighted by Gasteiger charge is 2.27. The molecule has 1 rings (SSSR count). The Morgan fingerprint density at radius 2 is 2.08 bits per heavy atom. The zero-order valence-corrected chi connectivity index (χ0v) is 7.78. The smallest absolute Gasteiger partial charge is 0.0618 e. The van der Waals surface area contributed by atoms with Gasteiger partial charge in [0.25, 0.3) is 0 Å². The van der Waals surface area contributed by atoms with E-state index in [1.54, 1.807) is 13.1 Å². The second kappa shape index (κ2) is 3.23. The van der Waals surface area contributed by atoms with Gasteiger partial charge in [-0.25, -0.2) is 0 Å². The molecule has 1 aromatic rings. The van der Waals surface area contributed by atoms with Gasteiger partial charge in [0.2, 0.25) is 0 Å². The third-order valence-electron chi connectivity index (χ3n) is 2.37. The first kappa shape index (κ1) is 9.20. The Kier molecular flexibility index (Phi) is 2.48. The SMILES string of the molecule is C[C@@H](O)C(C)(C)c1ccccn1. The highest BCUT2D eigenvalue weighted by Crippen LogP contribution is 2.24. The molecule has 1 aromatic heterocycles. The van der Waals surface area contributed by atoms with Gasteiger partial charge in [-0.05, 0) is 19.1 Å². The first-order chi connectivity index (χ1) is 5.55. The summed E-state index contributed by atoms with van der Waals surface area (Å²) >= 11 is 0. The van der Waals surface area contributed by atoms with Crippen LogP contribution in [-0.4, -0.2) is 16.2 Å². The average molecular weight is 165 g/mol. The van der Waals surface area contributed by atoms with Crippen molar-refractivity contribution in [1.29, 1.82) is 0 Å². The molecule has 0 bridgehead atoms. The molecule has 0 amide bonds. The van der Waals surface area contributed by atoms with Gasteiger partial charge in [0, 0.05) is 17.3 Å². The molecule has 66 valence electrons. The quantitative estimate of drug-likeness (QED) is 0.724. The largest absolute Gasteiger partial charge is 0.392 e. The van der Waals surface area contributed by atoms with Crippen LogP contribution in [0.4, 0.5) is 0 Å². The van der Waals surface area contributed by atoms with Crippen molar-refractivity contribution in [1.82, 2.24) is 4.98 Å². The molecule has 0 spiro atoms. The van der Waals surface area contributed by atoms with Crippen molar-refractivity contribution in [3.05, 3.63) is 30.1 Å². The monoisotopic (exact) mass is 165 g/mol. The average Bonchev–Trinajstić information content (AvgIpc) is 2.06. The van der Waals surface area contributed by atoms with Crippen molar-refractivity contribution in [2.45, 2.75) is 32.3 Å². The molecule has 0 saturated carbocycles. The lowest BCUT2D eigenvalue weighted by atomic mass is 9.83. The molecule has 1 atom stereocenters. The lowest BCUT2D eigenvalue weighted by Crippen LogP contribution is -2.31. The van der Waals surface area contributed by atoms with E-state index in [0.29, 0.717) is 0 Å². The second-order valence-electron chi connectivity index (χ2n) is 3.61. The summed E-state index contributed by atoms with van der Waals surface area (Å²) in [6.45, 7) is 5.76. The zero-order valence-electron chi connectivity index (χ0n) is 7.78. The summed E-state index contributed by atoms with van der Waals surface area (Å²) in [4.78, 5) is 4.21. The standard InChI is InChI=1S/C10H15NO/c1-8(12)10(2,3)9-6-4-5-7-11-9/h4-8,12H,1-3H3/t8-/m1/s1. The van der Waals surface area contributed by atoms with Crippen molar-refractivity contribution in [2.24, 2.45) is 0 Å². The topological polar surface area (TPSA) is 33.1 Å². The molecular weight excluding hydrogens is 150 g/mol. The van der Waals surface area contributed by atoms with E-state index in [1.165, 1.54) is 0 Å². The third-order valence-corrected chi connectivity index (χ3v) is 2.37. The van der Waals surface area contributed by atoms with Gasteiger partial charge >= 0.3 is 0 Å². The summed E-state index contributed by atoms with van der Waals surface area (Å²) in [7, 11) is 0. The maximum Gasteiger partial charge on any atom is 0.0618 e. The molecule has 1 heterocycles.